The Morgan fingerprint density at radius 2 is 2.04 bits per heavy atom. The first-order chi connectivity index (χ1) is 11.1. The van der Waals surface area contributed by atoms with Gasteiger partial charge in [0.2, 0.25) is 0 Å². The molecule has 120 valence electrons. The van der Waals surface area contributed by atoms with E-state index in [0.717, 1.165) is 30.0 Å². The molecule has 2 aromatic carbocycles. The number of nitrogens with zero attached hydrogens (tertiary/aromatic N) is 1. The van der Waals surface area contributed by atoms with E-state index in [1.165, 1.54) is 0 Å². The van der Waals surface area contributed by atoms with Crippen molar-refractivity contribution in [3.8, 4) is 5.75 Å². The molecule has 5 nitrogen and oxygen atoms in total. The van der Waals surface area contributed by atoms with Gasteiger partial charge in [-0.05, 0) is 42.3 Å². The number of rotatable bonds is 4. The average Bonchev–Trinajstić information content (AvgIpc) is 2.55. The molecule has 1 unspecified atom stereocenters. The van der Waals surface area contributed by atoms with Crippen LogP contribution in [-0.2, 0) is 6.54 Å². The number of carbonyl (C=O) groups is 1. The van der Waals surface area contributed by atoms with Crippen LogP contribution in [0.5, 0.6) is 5.75 Å². The topological polar surface area (TPSA) is 75.8 Å². The van der Waals surface area contributed by atoms with Crippen molar-refractivity contribution >= 4 is 17.3 Å². The smallest absolute Gasteiger partial charge is 0.335 e. The molecular formula is C18H20N2O3. The first-order valence-electron chi connectivity index (χ1n) is 7.70. The molecule has 1 aliphatic rings. The van der Waals surface area contributed by atoms with Crippen molar-refractivity contribution in [1.29, 1.82) is 0 Å². The van der Waals surface area contributed by atoms with Crippen LogP contribution in [0.2, 0.25) is 0 Å². The molecule has 5 heteroatoms. The quantitative estimate of drug-likeness (QED) is 0.848. The number of nitrogen functional groups attached to an aromatic ring is 1. The van der Waals surface area contributed by atoms with Crippen molar-refractivity contribution in [3.05, 3.63) is 53.6 Å². The Labute approximate surface area is 135 Å². The lowest BCUT2D eigenvalue weighted by Gasteiger charge is -2.36. The van der Waals surface area contributed by atoms with Crippen LogP contribution >= 0.6 is 0 Å². The Bertz CT molecular complexity index is 713. The standard InChI is InChI=1S/C18H20N2O3/c1-2-15-11-20(16-9-14(19)7-8-17(16)23-15)10-12-3-5-13(6-4-12)18(21)22/h3-9,15H,2,10-11,19H2,1H3,(H,21,22). The van der Waals surface area contributed by atoms with Crippen LogP contribution < -0.4 is 15.4 Å². The van der Waals surface area contributed by atoms with Crippen LogP contribution in [0.25, 0.3) is 0 Å². The molecule has 0 radical (unpaired) electrons. The molecule has 0 saturated carbocycles. The number of hydrogen-bond acceptors (Lipinski definition) is 4. The van der Waals surface area contributed by atoms with Crippen LogP contribution in [0, 0.1) is 0 Å². The van der Waals surface area contributed by atoms with Gasteiger partial charge >= 0.3 is 5.97 Å². The summed E-state index contributed by atoms with van der Waals surface area (Å²) in [6, 6.07) is 12.7. The van der Waals surface area contributed by atoms with Gasteiger partial charge in [-0.2, -0.15) is 0 Å². The monoisotopic (exact) mass is 312 g/mol. The number of ether oxygens (including phenoxy) is 1. The lowest BCUT2D eigenvalue weighted by molar-refractivity contribution is 0.0697. The molecule has 0 saturated heterocycles. The SMILES string of the molecule is CCC1CN(Cc2ccc(C(=O)O)cc2)c2cc(N)ccc2O1. The van der Waals surface area contributed by atoms with Crippen LogP contribution in [0.4, 0.5) is 11.4 Å². The molecule has 0 bridgehead atoms. The zero-order chi connectivity index (χ0) is 16.4. The maximum Gasteiger partial charge on any atom is 0.335 e. The molecule has 1 aliphatic heterocycles. The van der Waals surface area contributed by atoms with Gasteiger partial charge in [-0.25, -0.2) is 4.79 Å². The number of benzene rings is 2. The zero-order valence-corrected chi connectivity index (χ0v) is 13.0. The minimum Gasteiger partial charge on any atom is -0.486 e. The highest BCUT2D eigenvalue weighted by molar-refractivity contribution is 5.87. The Morgan fingerprint density at radius 3 is 2.70 bits per heavy atom. The molecule has 0 amide bonds. The summed E-state index contributed by atoms with van der Waals surface area (Å²) < 4.78 is 5.98. The minimum absolute atomic E-state index is 0.143. The van der Waals surface area contributed by atoms with Gasteiger partial charge in [0.15, 0.2) is 0 Å². The van der Waals surface area contributed by atoms with Gasteiger partial charge in [-0.15, -0.1) is 0 Å². The predicted molar refractivity (Wildman–Crippen MR) is 90.0 cm³/mol. The van der Waals surface area contributed by atoms with Gasteiger partial charge in [-0.1, -0.05) is 19.1 Å². The third kappa shape index (κ3) is 3.23. The van der Waals surface area contributed by atoms with Crippen molar-refractivity contribution < 1.29 is 14.6 Å². The van der Waals surface area contributed by atoms with Crippen molar-refractivity contribution in [3.63, 3.8) is 0 Å². The fraction of sp³-hybridized carbons (Fsp3) is 0.278. The molecule has 0 spiro atoms. The van der Waals surface area contributed by atoms with Gasteiger partial charge in [0.1, 0.15) is 11.9 Å². The average molecular weight is 312 g/mol. The Kier molecular flexibility index (Phi) is 4.10. The molecule has 3 rings (SSSR count). The highest BCUT2D eigenvalue weighted by atomic mass is 16.5. The fourth-order valence-corrected chi connectivity index (χ4v) is 2.78. The van der Waals surface area contributed by atoms with E-state index >= 15 is 0 Å². The van der Waals surface area contributed by atoms with Gasteiger partial charge < -0.3 is 20.5 Å². The summed E-state index contributed by atoms with van der Waals surface area (Å²) >= 11 is 0. The van der Waals surface area contributed by atoms with Gasteiger partial charge in [0.25, 0.3) is 0 Å². The number of fused-ring (bicyclic) bond motifs is 1. The lowest BCUT2D eigenvalue weighted by Crippen LogP contribution is -2.39. The zero-order valence-electron chi connectivity index (χ0n) is 13.0. The highest BCUT2D eigenvalue weighted by Crippen LogP contribution is 2.36. The first-order valence-corrected chi connectivity index (χ1v) is 7.70. The summed E-state index contributed by atoms with van der Waals surface area (Å²) in [6.45, 7) is 3.58. The first kappa shape index (κ1) is 15.2. The lowest BCUT2D eigenvalue weighted by atomic mass is 10.1. The molecule has 0 fully saturated rings. The predicted octanol–water partition coefficient (Wildman–Crippen LogP) is 3.14. The Balaban J connectivity index is 1.86. The highest BCUT2D eigenvalue weighted by Gasteiger charge is 2.24. The largest absolute Gasteiger partial charge is 0.486 e. The van der Waals surface area contributed by atoms with Gasteiger partial charge in [0, 0.05) is 12.2 Å². The molecule has 1 atom stereocenters. The van der Waals surface area contributed by atoms with E-state index in [1.807, 2.05) is 30.3 Å². The summed E-state index contributed by atoms with van der Waals surface area (Å²) in [5.41, 5.74) is 8.95. The maximum absolute atomic E-state index is 10.9. The van der Waals surface area contributed by atoms with E-state index in [1.54, 1.807) is 12.1 Å². The molecule has 0 aliphatic carbocycles. The van der Waals surface area contributed by atoms with E-state index in [-0.39, 0.29) is 6.10 Å². The molecule has 3 N–H and O–H groups in total. The summed E-state index contributed by atoms with van der Waals surface area (Å²) in [5.74, 6) is -0.0634. The second-order valence-electron chi connectivity index (χ2n) is 5.76. The molecule has 2 aromatic rings. The van der Waals surface area contributed by atoms with E-state index < -0.39 is 5.97 Å². The van der Waals surface area contributed by atoms with E-state index in [4.69, 9.17) is 15.6 Å². The number of hydrogen-bond donors (Lipinski definition) is 2. The normalized spacial score (nSPS) is 16.6. The van der Waals surface area contributed by atoms with Crippen LogP contribution in [0.3, 0.4) is 0 Å². The van der Waals surface area contributed by atoms with Gasteiger partial charge in [-0.3, -0.25) is 0 Å². The third-order valence-electron chi connectivity index (χ3n) is 4.07. The third-order valence-corrected chi connectivity index (χ3v) is 4.07. The van der Waals surface area contributed by atoms with E-state index in [0.29, 0.717) is 17.8 Å². The molecule has 0 aromatic heterocycles. The number of carboxylic acids is 1. The summed E-state index contributed by atoms with van der Waals surface area (Å²) in [6.07, 6.45) is 1.07. The molecule has 1 heterocycles. The molecular weight excluding hydrogens is 292 g/mol. The summed E-state index contributed by atoms with van der Waals surface area (Å²) in [7, 11) is 0. The number of carboxylic acid groups (broad SMARTS) is 1. The number of aromatic carboxylic acids is 1. The molecule has 23 heavy (non-hydrogen) atoms. The van der Waals surface area contributed by atoms with Crippen molar-refractivity contribution in [2.45, 2.75) is 26.0 Å². The number of anilines is 2. The Morgan fingerprint density at radius 1 is 1.30 bits per heavy atom. The van der Waals surface area contributed by atoms with Crippen molar-refractivity contribution in [2.24, 2.45) is 0 Å². The maximum atomic E-state index is 10.9. The Hall–Kier alpha value is -2.69. The fourth-order valence-electron chi connectivity index (χ4n) is 2.78. The summed E-state index contributed by atoms with van der Waals surface area (Å²) in [5, 5.41) is 8.98. The van der Waals surface area contributed by atoms with Crippen molar-refractivity contribution in [2.75, 3.05) is 17.2 Å². The van der Waals surface area contributed by atoms with Crippen LogP contribution in [0.15, 0.2) is 42.5 Å². The van der Waals surface area contributed by atoms with Crippen LogP contribution in [0.1, 0.15) is 29.3 Å². The van der Waals surface area contributed by atoms with Crippen molar-refractivity contribution in [1.82, 2.24) is 0 Å². The van der Waals surface area contributed by atoms with Gasteiger partial charge in [0.05, 0.1) is 17.8 Å². The number of nitrogens with two attached hydrogens (primary N) is 1. The van der Waals surface area contributed by atoms with Crippen LogP contribution in [-0.4, -0.2) is 23.7 Å². The van der Waals surface area contributed by atoms with E-state index in [9.17, 15) is 4.79 Å². The van der Waals surface area contributed by atoms with E-state index in [2.05, 4.69) is 11.8 Å². The second-order valence-corrected chi connectivity index (χ2v) is 5.76. The second kappa shape index (κ2) is 6.20. The minimum atomic E-state index is -0.910. The summed E-state index contributed by atoms with van der Waals surface area (Å²) in [4.78, 5) is 13.2.